The van der Waals surface area contributed by atoms with Crippen molar-refractivity contribution in [3.63, 3.8) is 0 Å². The average molecular weight is 282 g/mol. The number of hydrogen-bond donors (Lipinski definition) is 1. The van der Waals surface area contributed by atoms with Crippen LogP contribution in [0.1, 0.15) is 50.7 Å². The quantitative estimate of drug-likeness (QED) is 0.871. The van der Waals surface area contributed by atoms with Crippen LogP contribution in [0, 0.1) is 0 Å². The first kappa shape index (κ1) is 14.5. The highest BCUT2D eigenvalue weighted by Gasteiger charge is 2.30. The van der Waals surface area contributed by atoms with Gasteiger partial charge < -0.3 is 5.11 Å². The lowest BCUT2D eigenvalue weighted by Crippen LogP contribution is -2.28. The van der Waals surface area contributed by atoms with E-state index in [0.29, 0.717) is 12.6 Å². The molecule has 0 aromatic carbocycles. The molecule has 1 fully saturated rings. The summed E-state index contributed by atoms with van der Waals surface area (Å²) in [6.07, 6.45) is 2.60. The highest BCUT2D eigenvalue weighted by molar-refractivity contribution is 7.09. The average Bonchev–Trinajstić information content (AvgIpc) is 3.02. The number of carboxylic acid groups (broad SMARTS) is 1. The molecule has 4 nitrogen and oxygen atoms in total. The monoisotopic (exact) mass is 282 g/mol. The van der Waals surface area contributed by atoms with E-state index in [2.05, 4.69) is 36.0 Å². The fraction of sp³-hybridized carbons (Fsp3) is 0.714. The van der Waals surface area contributed by atoms with Crippen LogP contribution in [0.15, 0.2) is 5.38 Å². The molecule has 1 aromatic rings. The molecule has 0 saturated heterocycles. The summed E-state index contributed by atoms with van der Waals surface area (Å²) in [5.41, 5.74) is 1.21. The zero-order valence-corrected chi connectivity index (χ0v) is 12.7. The summed E-state index contributed by atoms with van der Waals surface area (Å²) in [6.45, 7) is 7.90. The topological polar surface area (TPSA) is 53.4 Å². The van der Waals surface area contributed by atoms with E-state index in [1.807, 2.05) is 0 Å². The molecule has 0 spiro atoms. The van der Waals surface area contributed by atoms with Crippen molar-refractivity contribution in [3.05, 3.63) is 16.1 Å². The van der Waals surface area contributed by atoms with Crippen LogP contribution >= 0.6 is 11.3 Å². The van der Waals surface area contributed by atoms with Gasteiger partial charge in [-0.05, 0) is 12.8 Å². The number of hydrogen-bond acceptors (Lipinski definition) is 4. The standard InChI is InChI=1S/C14H22N2O2S/c1-14(2,3)11-9-19-12(15-11)8-16(10-4-5-10)7-6-13(17)18/h9-10H,4-8H2,1-3H3,(H,17,18). The van der Waals surface area contributed by atoms with Crippen LogP contribution in [0.3, 0.4) is 0 Å². The summed E-state index contributed by atoms with van der Waals surface area (Å²) in [6, 6.07) is 0.571. The van der Waals surface area contributed by atoms with Gasteiger partial charge in [0.05, 0.1) is 18.7 Å². The lowest BCUT2D eigenvalue weighted by Gasteiger charge is -2.19. The van der Waals surface area contributed by atoms with Gasteiger partial charge in [-0.2, -0.15) is 0 Å². The van der Waals surface area contributed by atoms with Crippen molar-refractivity contribution in [1.29, 1.82) is 0 Å². The van der Waals surface area contributed by atoms with Crippen molar-refractivity contribution in [2.45, 2.75) is 58.0 Å². The normalized spacial score (nSPS) is 16.0. The summed E-state index contributed by atoms with van der Waals surface area (Å²) < 4.78 is 0. The summed E-state index contributed by atoms with van der Waals surface area (Å²) in [5.74, 6) is -0.722. The van der Waals surface area contributed by atoms with Crippen LogP contribution < -0.4 is 0 Å². The predicted octanol–water partition coefficient (Wildman–Crippen LogP) is 2.88. The molecule has 0 atom stereocenters. The summed E-state index contributed by atoms with van der Waals surface area (Å²) in [7, 11) is 0. The van der Waals surface area contributed by atoms with Gasteiger partial charge in [-0.25, -0.2) is 4.98 Å². The highest BCUT2D eigenvalue weighted by atomic mass is 32.1. The molecule has 5 heteroatoms. The first-order valence-corrected chi connectivity index (χ1v) is 7.65. The fourth-order valence-electron chi connectivity index (χ4n) is 1.97. The van der Waals surface area contributed by atoms with E-state index in [1.54, 1.807) is 11.3 Å². The molecule has 1 N–H and O–H groups in total. The summed E-state index contributed by atoms with van der Waals surface area (Å²) in [4.78, 5) is 17.6. The highest BCUT2D eigenvalue weighted by Crippen LogP contribution is 2.30. The molecule has 0 unspecified atom stereocenters. The molecule has 2 rings (SSSR count). The Balaban J connectivity index is 1.97. The smallest absolute Gasteiger partial charge is 0.304 e. The Morgan fingerprint density at radius 2 is 2.21 bits per heavy atom. The fourth-order valence-corrected chi connectivity index (χ4v) is 3.02. The first-order valence-electron chi connectivity index (χ1n) is 6.77. The van der Waals surface area contributed by atoms with Crippen LogP contribution in [0.5, 0.6) is 0 Å². The van der Waals surface area contributed by atoms with Crippen molar-refractivity contribution in [2.24, 2.45) is 0 Å². The molecule has 19 heavy (non-hydrogen) atoms. The van der Waals surface area contributed by atoms with Crippen molar-refractivity contribution in [1.82, 2.24) is 9.88 Å². The van der Waals surface area contributed by atoms with Crippen LogP contribution in [-0.2, 0) is 16.8 Å². The molecule has 0 bridgehead atoms. The maximum absolute atomic E-state index is 10.7. The molecular formula is C14H22N2O2S. The van der Waals surface area contributed by atoms with Crippen LogP contribution in [0.2, 0.25) is 0 Å². The molecular weight excluding hydrogens is 260 g/mol. The molecule has 1 saturated carbocycles. The van der Waals surface area contributed by atoms with E-state index < -0.39 is 5.97 Å². The van der Waals surface area contributed by atoms with E-state index >= 15 is 0 Å². The molecule has 1 aliphatic carbocycles. The second-order valence-corrected chi connectivity index (χ2v) is 7.16. The summed E-state index contributed by atoms with van der Waals surface area (Å²) >= 11 is 1.68. The Morgan fingerprint density at radius 1 is 1.53 bits per heavy atom. The SMILES string of the molecule is CC(C)(C)c1csc(CN(CCC(=O)O)C2CC2)n1. The van der Waals surface area contributed by atoms with E-state index in [4.69, 9.17) is 5.11 Å². The van der Waals surface area contributed by atoms with Gasteiger partial charge in [0.15, 0.2) is 0 Å². The van der Waals surface area contributed by atoms with Gasteiger partial charge in [0.25, 0.3) is 0 Å². The van der Waals surface area contributed by atoms with Gasteiger partial charge in [0.1, 0.15) is 5.01 Å². The number of aromatic nitrogens is 1. The lowest BCUT2D eigenvalue weighted by atomic mass is 9.93. The Bertz CT molecular complexity index is 447. The molecule has 0 radical (unpaired) electrons. The molecule has 0 aliphatic heterocycles. The molecule has 1 aliphatic rings. The lowest BCUT2D eigenvalue weighted by molar-refractivity contribution is -0.137. The third-order valence-electron chi connectivity index (χ3n) is 3.33. The number of carbonyl (C=O) groups is 1. The van der Waals surface area contributed by atoms with Gasteiger partial charge >= 0.3 is 5.97 Å². The Hall–Kier alpha value is -0.940. The first-order chi connectivity index (χ1) is 8.86. The minimum absolute atomic E-state index is 0.0836. The number of aliphatic carboxylic acids is 1. The molecule has 0 amide bonds. The molecule has 1 aromatic heterocycles. The number of nitrogens with zero attached hydrogens (tertiary/aromatic N) is 2. The number of thiazole rings is 1. The molecule has 106 valence electrons. The van der Waals surface area contributed by atoms with Crippen molar-refractivity contribution >= 4 is 17.3 Å². The summed E-state index contributed by atoms with van der Waals surface area (Å²) in [5, 5.41) is 12.0. The predicted molar refractivity (Wildman–Crippen MR) is 76.5 cm³/mol. The maximum Gasteiger partial charge on any atom is 0.304 e. The van der Waals surface area contributed by atoms with E-state index in [0.717, 1.165) is 17.2 Å². The Labute approximate surface area is 118 Å². The van der Waals surface area contributed by atoms with Crippen LogP contribution in [0.25, 0.3) is 0 Å². The second kappa shape index (κ2) is 5.59. The molecule has 1 heterocycles. The largest absolute Gasteiger partial charge is 0.481 e. The number of rotatable bonds is 6. The third kappa shape index (κ3) is 4.28. The minimum atomic E-state index is -0.722. The van der Waals surface area contributed by atoms with Crippen LogP contribution in [-0.4, -0.2) is 33.5 Å². The van der Waals surface area contributed by atoms with Crippen molar-refractivity contribution in [3.8, 4) is 0 Å². The third-order valence-corrected chi connectivity index (χ3v) is 4.17. The van der Waals surface area contributed by atoms with Crippen LogP contribution in [0.4, 0.5) is 0 Å². The Kier molecular flexibility index (Phi) is 4.26. The van der Waals surface area contributed by atoms with Crippen molar-refractivity contribution in [2.75, 3.05) is 6.54 Å². The maximum atomic E-state index is 10.7. The number of carboxylic acids is 1. The minimum Gasteiger partial charge on any atom is -0.481 e. The Morgan fingerprint density at radius 3 is 2.68 bits per heavy atom. The van der Waals surface area contributed by atoms with E-state index in [1.165, 1.54) is 12.8 Å². The van der Waals surface area contributed by atoms with Gasteiger partial charge in [0, 0.05) is 23.4 Å². The van der Waals surface area contributed by atoms with Gasteiger partial charge in [-0.3, -0.25) is 9.69 Å². The van der Waals surface area contributed by atoms with E-state index in [9.17, 15) is 4.79 Å². The zero-order chi connectivity index (χ0) is 14.0. The van der Waals surface area contributed by atoms with Gasteiger partial charge in [-0.1, -0.05) is 20.8 Å². The van der Waals surface area contributed by atoms with Crippen molar-refractivity contribution < 1.29 is 9.90 Å². The zero-order valence-electron chi connectivity index (χ0n) is 11.8. The van der Waals surface area contributed by atoms with E-state index in [-0.39, 0.29) is 11.8 Å². The van der Waals surface area contributed by atoms with Gasteiger partial charge in [0.2, 0.25) is 0 Å². The van der Waals surface area contributed by atoms with Gasteiger partial charge in [-0.15, -0.1) is 11.3 Å². The second-order valence-electron chi connectivity index (χ2n) is 6.22.